The molecule has 27 heavy (non-hydrogen) atoms. The number of thioether (sulfide) groups is 1. The summed E-state index contributed by atoms with van der Waals surface area (Å²) in [5, 5.41) is 9.53. The Labute approximate surface area is 159 Å². The van der Waals surface area contributed by atoms with E-state index in [1.54, 1.807) is 13.2 Å². The molecule has 2 heterocycles. The van der Waals surface area contributed by atoms with Gasteiger partial charge in [-0.15, -0.1) is 10.2 Å². The molecule has 7 heteroatoms. The summed E-state index contributed by atoms with van der Waals surface area (Å²) in [6.07, 6.45) is 0. The second-order valence-electron chi connectivity index (χ2n) is 5.93. The molecular weight excluding hydrogens is 364 g/mol. The predicted octanol–water partition coefficient (Wildman–Crippen LogP) is 4.45. The lowest BCUT2D eigenvalue weighted by atomic mass is 10.1. The fourth-order valence-electron chi connectivity index (χ4n) is 2.79. The van der Waals surface area contributed by atoms with E-state index in [0.717, 1.165) is 22.1 Å². The van der Waals surface area contributed by atoms with Gasteiger partial charge in [0.25, 0.3) is 5.22 Å². The van der Waals surface area contributed by atoms with E-state index in [1.807, 2.05) is 43.3 Å². The topological polar surface area (TPSA) is 78.4 Å². The van der Waals surface area contributed by atoms with Crippen LogP contribution in [0.4, 0.5) is 0 Å². The standard InChI is InChI=1S/C20H16N2O4S/c1-12-5-3-4-6-15(12)19-21-22-20(26-19)27-11-13-9-18(23)25-17-10-14(24-2)7-8-16(13)17/h3-10H,11H2,1-2H3. The summed E-state index contributed by atoms with van der Waals surface area (Å²) in [5.41, 5.74) is 2.90. The Morgan fingerprint density at radius 2 is 1.93 bits per heavy atom. The van der Waals surface area contributed by atoms with Crippen molar-refractivity contribution in [2.75, 3.05) is 7.11 Å². The van der Waals surface area contributed by atoms with Crippen LogP contribution in [0.25, 0.3) is 22.4 Å². The molecule has 4 rings (SSSR count). The third kappa shape index (κ3) is 3.59. The molecule has 4 aromatic rings. The Morgan fingerprint density at radius 1 is 1.07 bits per heavy atom. The van der Waals surface area contributed by atoms with Crippen LogP contribution >= 0.6 is 11.8 Å². The summed E-state index contributed by atoms with van der Waals surface area (Å²) in [6.45, 7) is 2.00. The van der Waals surface area contributed by atoms with E-state index < -0.39 is 5.63 Å². The third-order valence-corrected chi connectivity index (χ3v) is 5.04. The van der Waals surface area contributed by atoms with Crippen LogP contribution in [0.1, 0.15) is 11.1 Å². The van der Waals surface area contributed by atoms with E-state index in [1.165, 1.54) is 17.8 Å². The van der Waals surface area contributed by atoms with E-state index >= 15 is 0 Å². The van der Waals surface area contributed by atoms with Gasteiger partial charge in [-0.1, -0.05) is 30.0 Å². The van der Waals surface area contributed by atoms with Crippen molar-refractivity contribution >= 4 is 22.7 Å². The number of ether oxygens (including phenoxy) is 1. The molecular formula is C20H16N2O4S. The van der Waals surface area contributed by atoms with Crippen LogP contribution < -0.4 is 10.4 Å². The van der Waals surface area contributed by atoms with Gasteiger partial charge in [0, 0.05) is 28.8 Å². The summed E-state index contributed by atoms with van der Waals surface area (Å²) in [5.74, 6) is 1.62. The van der Waals surface area contributed by atoms with Crippen LogP contribution in [0.5, 0.6) is 5.75 Å². The van der Waals surface area contributed by atoms with Gasteiger partial charge in [-0.25, -0.2) is 4.79 Å². The molecule has 136 valence electrons. The quantitative estimate of drug-likeness (QED) is 0.374. The average Bonchev–Trinajstić information content (AvgIpc) is 3.14. The fourth-order valence-corrected chi connectivity index (χ4v) is 3.54. The minimum atomic E-state index is -0.405. The van der Waals surface area contributed by atoms with Crippen molar-refractivity contribution in [3.05, 3.63) is 70.1 Å². The molecule has 0 atom stereocenters. The maximum atomic E-state index is 11.9. The molecule has 0 saturated heterocycles. The van der Waals surface area contributed by atoms with Gasteiger partial charge in [-0.3, -0.25) is 0 Å². The highest BCUT2D eigenvalue weighted by Gasteiger charge is 2.13. The van der Waals surface area contributed by atoms with Crippen molar-refractivity contribution in [3.63, 3.8) is 0 Å². The third-order valence-electron chi connectivity index (χ3n) is 4.17. The van der Waals surface area contributed by atoms with Gasteiger partial charge in [0.1, 0.15) is 11.3 Å². The van der Waals surface area contributed by atoms with Gasteiger partial charge in [-0.2, -0.15) is 0 Å². The molecule has 0 radical (unpaired) electrons. The van der Waals surface area contributed by atoms with Gasteiger partial charge in [-0.05, 0) is 36.2 Å². The number of methoxy groups -OCH3 is 1. The molecule has 0 amide bonds. The molecule has 0 unspecified atom stereocenters. The molecule has 6 nitrogen and oxygen atoms in total. The van der Waals surface area contributed by atoms with Crippen LogP contribution in [0, 0.1) is 6.92 Å². The normalized spacial score (nSPS) is 11.0. The summed E-state index contributed by atoms with van der Waals surface area (Å²) in [4.78, 5) is 11.9. The van der Waals surface area contributed by atoms with Crippen molar-refractivity contribution in [2.45, 2.75) is 17.9 Å². The number of nitrogens with zero attached hydrogens (tertiary/aromatic N) is 2. The fraction of sp³-hybridized carbons (Fsp3) is 0.150. The molecule has 0 bridgehead atoms. The van der Waals surface area contributed by atoms with Crippen molar-refractivity contribution in [1.29, 1.82) is 0 Å². The van der Waals surface area contributed by atoms with Crippen LogP contribution in [0.3, 0.4) is 0 Å². The number of aromatic nitrogens is 2. The first kappa shape index (κ1) is 17.4. The molecule has 0 aliphatic carbocycles. The minimum Gasteiger partial charge on any atom is -0.497 e. The Balaban J connectivity index is 1.59. The maximum Gasteiger partial charge on any atom is 0.336 e. The zero-order chi connectivity index (χ0) is 18.8. The first-order valence-corrected chi connectivity index (χ1v) is 9.25. The number of hydrogen-bond acceptors (Lipinski definition) is 7. The van der Waals surface area contributed by atoms with Crippen LogP contribution in [0.15, 0.2) is 67.4 Å². The second-order valence-corrected chi connectivity index (χ2v) is 6.86. The van der Waals surface area contributed by atoms with Gasteiger partial charge < -0.3 is 13.6 Å². The van der Waals surface area contributed by atoms with Crippen molar-refractivity contribution in [1.82, 2.24) is 10.2 Å². The SMILES string of the molecule is COc1ccc2c(CSc3nnc(-c4ccccc4C)o3)cc(=O)oc2c1. The van der Waals surface area contributed by atoms with Crippen molar-refractivity contribution in [2.24, 2.45) is 0 Å². The molecule has 0 N–H and O–H groups in total. The molecule has 0 fully saturated rings. The summed E-state index contributed by atoms with van der Waals surface area (Å²) >= 11 is 1.38. The molecule has 0 spiro atoms. The highest BCUT2D eigenvalue weighted by molar-refractivity contribution is 7.98. The van der Waals surface area contributed by atoms with Gasteiger partial charge in [0.15, 0.2) is 0 Å². The van der Waals surface area contributed by atoms with Crippen molar-refractivity contribution in [3.8, 4) is 17.2 Å². The number of benzene rings is 2. The Bertz CT molecular complexity index is 1170. The lowest BCUT2D eigenvalue weighted by Crippen LogP contribution is -2.00. The Hall–Kier alpha value is -3.06. The molecule has 0 saturated carbocycles. The van der Waals surface area contributed by atoms with Gasteiger partial charge in [0.05, 0.1) is 7.11 Å². The van der Waals surface area contributed by atoms with Crippen LogP contribution in [0.2, 0.25) is 0 Å². The zero-order valence-corrected chi connectivity index (χ0v) is 15.6. The monoisotopic (exact) mass is 380 g/mol. The first-order valence-electron chi connectivity index (χ1n) is 8.27. The van der Waals surface area contributed by atoms with Crippen molar-refractivity contribution < 1.29 is 13.6 Å². The lowest BCUT2D eigenvalue weighted by Gasteiger charge is -2.05. The molecule has 0 aliphatic heterocycles. The van der Waals surface area contributed by atoms with Crippen LogP contribution in [-0.2, 0) is 5.75 Å². The summed E-state index contributed by atoms with van der Waals surface area (Å²) in [7, 11) is 1.57. The van der Waals surface area contributed by atoms with E-state index in [-0.39, 0.29) is 0 Å². The smallest absolute Gasteiger partial charge is 0.336 e. The number of fused-ring (bicyclic) bond motifs is 1. The summed E-state index contributed by atoms with van der Waals surface area (Å²) < 4.78 is 16.2. The number of aryl methyl sites for hydroxylation is 1. The zero-order valence-electron chi connectivity index (χ0n) is 14.8. The minimum absolute atomic E-state index is 0.405. The Kier molecular flexibility index (Phi) is 4.68. The highest BCUT2D eigenvalue weighted by atomic mass is 32.2. The molecule has 2 aromatic carbocycles. The maximum absolute atomic E-state index is 11.9. The first-order chi connectivity index (χ1) is 13.1. The predicted molar refractivity (Wildman–Crippen MR) is 103 cm³/mol. The highest BCUT2D eigenvalue weighted by Crippen LogP contribution is 2.30. The van der Waals surface area contributed by atoms with E-state index in [2.05, 4.69) is 10.2 Å². The van der Waals surface area contributed by atoms with Gasteiger partial charge in [0.2, 0.25) is 5.89 Å². The lowest BCUT2D eigenvalue weighted by molar-refractivity contribution is 0.414. The van der Waals surface area contributed by atoms with E-state index in [0.29, 0.717) is 28.2 Å². The average molecular weight is 380 g/mol. The molecule has 2 aromatic heterocycles. The van der Waals surface area contributed by atoms with Crippen LogP contribution in [-0.4, -0.2) is 17.3 Å². The molecule has 0 aliphatic rings. The number of rotatable bonds is 5. The Morgan fingerprint density at radius 3 is 2.74 bits per heavy atom. The van der Waals surface area contributed by atoms with E-state index in [4.69, 9.17) is 13.6 Å². The largest absolute Gasteiger partial charge is 0.497 e. The second kappa shape index (κ2) is 7.28. The number of hydrogen-bond donors (Lipinski definition) is 0. The van der Waals surface area contributed by atoms with Gasteiger partial charge >= 0.3 is 5.63 Å². The summed E-state index contributed by atoms with van der Waals surface area (Å²) in [6, 6.07) is 14.7. The van der Waals surface area contributed by atoms with E-state index in [9.17, 15) is 4.79 Å².